The zero-order valence-corrected chi connectivity index (χ0v) is 8.98. The normalized spacial score (nSPS) is 11.1. The minimum Gasteiger partial charge on any atom is -0.414 e. The van der Waals surface area contributed by atoms with Crippen molar-refractivity contribution >= 4 is 28.2 Å². The Kier molecular flexibility index (Phi) is 2.53. The highest BCUT2D eigenvalue weighted by atomic mass is 127. The van der Waals surface area contributed by atoms with Crippen LogP contribution in [0.2, 0.25) is 0 Å². The molecule has 2 heterocycles. The first kappa shape index (κ1) is 9.63. The van der Waals surface area contributed by atoms with Crippen molar-refractivity contribution in [2.24, 2.45) is 0 Å². The minimum absolute atomic E-state index is 0.0354. The van der Waals surface area contributed by atoms with Crippen LogP contribution in [0.4, 0.5) is 8.78 Å². The molecular weight excluding hydrogens is 305 g/mol. The van der Waals surface area contributed by atoms with Gasteiger partial charge in [-0.3, -0.25) is 4.40 Å². The van der Waals surface area contributed by atoms with Gasteiger partial charge >= 0.3 is 6.61 Å². The van der Waals surface area contributed by atoms with E-state index in [4.69, 9.17) is 0 Å². The Morgan fingerprint density at radius 3 is 2.86 bits per heavy atom. The van der Waals surface area contributed by atoms with Crippen molar-refractivity contribution in [2.75, 3.05) is 0 Å². The summed E-state index contributed by atoms with van der Waals surface area (Å²) < 4.78 is 30.4. The van der Waals surface area contributed by atoms with E-state index in [9.17, 15) is 8.78 Å². The lowest BCUT2D eigenvalue weighted by atomic mass is 10.5. The molecule has 74 valence electrons. The Labute approximate surface area is 91.8 Å². The van der Waals surface area contributed by atoms with Crippen molar-refractivity contribution in [1.82, 2.24) is 9.38 Å². The highest BCUT2D eigenvalue weighted by molar-refractivity contribution is 14.1. The molecule has 0 aliphatic carbocycles. The molecular formula is C8H5F2IN2O. The monoisotopic (exact) mass is 310 g/mol. The van der Waals surface area contributed by atoms with Gasteiger partial charge in [-0.2, -0.15) is 13.8 Å². The van der Waals surface area contributed by atoms with Crippen molar-refractivity contribution in [3.8, 4) is 5.88 Å². The van der Waals surface area contributed by atoms with Crippen LogP contribution in [0.25, 0.3) is 5.65 Å². The predicted molar refractivity (Wildman–Crippen MR) is 54.5 cm³/mol. The third-order valence-electron chi connectivity index (χ3n) is 1.64. The van der Waals surface area contributed by atoms with E-state index < -0.39 is 6.61 Å². The molecule has 0 unspecified atom stereocenters. The number of hydrogen-bond acceptors (Lipinski definition) is 2. The van der Waals surface area contributed by atoms with Gasteiger partial charge in [0, 0.05) is 6.20 Å². The van der Waals surface area contributed by atoms with E-state index in [1.165, 1.54) is 0 Å². The van der Waals surface area contributed by atoms with E-state index >= 15 is 0 Å². The molecule has 0 bridgehead atoms. The van der Waals surface area contributed by atoms with Gasteiger partial charge < -0.3 is 4.74 Å². The van der Waals surface area contributed by atoms with E-state index in [1.54, 1.807) is 28.8 Å². The molecule has 3 nitrogen and oxygen atoms in total. The van der Waals surface area contributed by atoms with Gasteiger partial charge in [0.1, 0.15) is 9.35 Å². The average molecular weight is 310 g/mol. The highest BCUT2D eigenvalue weighted by Gasteiger charge is 2.14. The molecule has 2 rings (SSSR count). The fourth-order valence-corrected chi connectivity index (χ4v) is 1.76. The predicted octanol–water partition coefficient (Wildman–Crippen LogP) is 2.54. The van der Waals surface area contributed by atoms with Gasteiger partial charge in [0.25, 0.3) is 5.88 Å². The molecule has 0 spiro atoms. The molecule has 0 aliphatic heterocycles. The van der Waals surface area contributed by atoms with Crippen LogP contribution in [-0.2, 0) is 0 Å². The van der Waals surface area contributed by atoms with Gasteiger partial charge in [-0.1, -0.05) is 6.07 Å². The summed E-state index contributed by atoms with van der Waals surface area (Å²) in [5.74, 6) is -0.0354. The molecule has 2 aromatic rings. The lowest BCUT2D eigenvalue weighted by Gasteiger charge is -1.99. The van der Waals surface area contributed by atoms with Crippen molar-refractivity contribution in [3.63, 3.8) is 0 Å². The number of nitrogens with zero attached hydrogens (tertiary/aromatic N) is 2. The number of aromatic nitrogens is 2. The van der Waals surface area contributed by atoms with Crippen LogP contribution < -0.4 is 4.74 Å². The lowest BCUT2D eigenvalue weighted by Crippen LogP contribution is -2.03. The average Bonchev–Trinajstić information content (AvgIpc) is 2.44. The van der Waals surface area contributed by atoms with E-state index in [2.05, 4.69) is 9.72 Å². The third-order valence-corrected chi connectivity index (χ3v) is 2.62. The number of alkyl halides is 2. The van der Waals surface area contributed by atoms with E-state index in [1.807, 2.05) is 22.6 Å². The molecule has 0 aliphatic rings. The quantitative estimate of drug-likeness (QED) is 0.797. The number of pyridine rings is 1. The standard InChI is InChI=1S/C8H5F2IN2O/c9-8(10)14-7-6(11)13-4-2-1-3-5(13)12-7/h1-4,8H. The van der Waals surface area contributed by atoms with Crippen LogP contribution >= 0.6 is 22.6 Å². The molecule has 0 saturated heterocycles. The molecule has 0 N–H and O–H groups in total. The van der Waals surface area contributed by atoms with Crippen LogP contribution in [0.15, 0.2) is 24.4 Å². The Bertz CT molecular complexity index is 458. The van der Waals surface area contributed by atoms with E-state index in [0.717, 1.165) is 0 Å². The molecule has 0 saturated carbocycles. The Morgan fingerprint density at radius 1 is 1.43 bits per heavy atom. The Hall–Kier alpha value is -0.920. The van der Waals surface area contributed by atoms with Gasteiger partial charge in [-0.15, -0.1) is 0 Å². The number of hydrogen-bond donors (Lipinski definition) is 0. The fraction of sp³-hybridized carbons (Fsp3) is 0.125. The molecule has 0 radical (unpaired) electrons. The summed E-state index contributed by atoms with van der Waals surface area (Å²) >= 11 is 1.91. The molecule has 0 fully saturated rings. The van der Waals surface area contributed by atoms with E-state index in [0.29, 0.717) is 9.35 Å². The molecule has 0 amide bonds. The molecule has 0 aromatic carbocycles. The maximum atomic E-state index is 12.0. The maximum absolute atomic E-state index is 12.0. The SMILES string of the molecule is FC(F)Oc1nc2ccccn2c1I. The second-order valence-electron chi connectivity index (χ2n) is 2.52. The number of halogens is 3. The first-order valence-electron chi connectivity index (χ1n) is 3.76. The minimum atomic E-state index is -2.84. The van der Waals surface area contributed by atoms with Gasteiger partial charge in [-0.05, 0) is 34.7 Å². The summed E-state index contributed by atoms with van der Waals surface area (Å²) in [6.45, 7) is -2.84. The fourth-order valence-electron chi connectivity index (χ4n) is 1.10. The molecule has 6 heteroatoms. The van der Waals surface area contributed by atoms with E-state index in [-0.39, 0.29) is 5.88 Å². The van der Waals surface area contributed by atoms with Crippen LogP contribution in [0, 0.1) is 3.70 Å². The van der Waals surface area contributed by atoms with Crippen LogP contribution in [-0.4, -0.2) is 16.0 Å². The molecule has 0 atom stereocenters. The zero-order valence-electron chi connectivity index (χ0n) is 6.82. The lowest BCUT2D eigenvalue weighted by molar-refractivity contribution is -0.0531. The van der Waals surface area contributed by atoms with Crippen molar-refractivity contribution in [1.29, 1.82) is 0 Å². The Morgan fingerprint density at radius 2 is 2.21 bits per heavy atom. The first-order chi connectivity index (χ1) is 6.68. The molecule has 2 aromatic heterocycles. The highest BCUT2D eigenvalue weighted by Crippen LogP contribution is 2.22. The summed E-state index contributed by atoms with van der Waals surface area (Å²) in [6.07, 6.45) is 1.74. The number of ether oxygens (including phenoxy) is 1. The largest absolute Gasteiger partial charge is 0.414 e. The second kappa shape index (κ2) is 3.68. The van der Waals surface area contributed by atoms with Crippen LogP contribution in [0.5, 0.6) is 5.88 Å². The number of imidazole rings is 1. The van der Waals surface area contributed by atoms with Gasteiger partial charge in [0.2, 0.25) is 0 Å². The van der Waals surface area contributed by atoms with Crippen molar-refractivity contribution in [3.05, 3.63) is 28.1 Å². The van der Waals surface area contributed by atoms with Gasteiger partial charge in [0.05, 0.1) is 0 Å². The van der Waals surface area contributed by atoms with Gasteiger partial charge in [-0.25, -0.2) is 0 Å². The Balaban J connectivity index is 2.51. The summed E-state index contributed by atoms with van der Waals surface area (Å²) in [7, 11) is 0. The maximum Gasteiger partial charge on any atom is 0.388 e. The summed E-state index contributed by atoms with van der Waals surface area (Å²) in [5.41, 5.74) is 0.590. The summed E-state index contributed by atoms with van der Waals surface area (Å²) in [5, 5.41) is 0. The summed E-state index contributed by atoms with van der Waals surface area (Å²) in [6, 6.07) is 5.30. The number of rotatable bonds is 2. The van der Waals surface area contributed by atoms with Gasteiger partial charge in [0.15, 0.2) is 0 Å². The third kappa shape index (κ3) is 1.66. The number of fused-ring (bicyclic) bond motifs is 1. The van der Waals surface area contributed by atoms with Crippen LogP contribution in [0.3, 0.4) is 0 Å². The zero-order chi connectivity index (χ0) is 10.1. The smallest absolute Gasteiger partial charge is 0.388 e. The first-order valence-corrected chi connectivity index (χ1v) is 4.84. The second-order valence-corrected chi connectivity index (χ2v) is 3.54. The van der Waals surface area contributed by atoms with Crippen molar-refractivity contribution < 1.29 is 13.5 Å². The van der Waals surface area contributed by atoms with Crippen LogP contribution in [0.1, 0.15) is 0 Å². The summed E-state index contributed by atoms with van der Waals surface area (Å²) in [4.78, 5) is 3.91. The topological polar surface area (TPSA) is 26.5 Å². The molecule has 14 heavy (non-hydrogen) atoms. The van der Waals surface area contributed by atoms with Crippen molar-refractivity contribution in [2.45, 2.75) is 6.61 Å².